The van der Waals surface area contributed by atoms with Crippen molar-refractivity contribution in [1.82, 2.24) is 5.16 Å². The zero-order valence-electron chi connectivity index (χ0n) is 5.95. The molecule has 0 fully saturated rings. The summed E-state index contributed by atoms with van der Waals surface area (Å²) < 4.78 is 17.3. The molecule has 0 N–H and O–H groups in total. The van der Waals surface area contributed by atoms with E-state index in [2.05, 4.69) is 9.68 Å². The van der Waals surface area contributed by atoms with Crippen molar-refractivity contribution in [3.63, 3.8) is 0 Å². The van der Waals surface area contributed by atoms with E-state index in [4.69, 9.17) is 0 Å². The number of rotatable bonds is 1. The van der Waals surface area contributed by atoms with Gasteiger partial charge in [0.05, 0.1) is 5.39 Å². The molecule has 0 aliphatic carbocycles. The second-order valence-electron chi connectivity index (χ2n) is 2.35. The van der Waals surface area contributed by atoms with E-state index in [-0.39, 0.29) is 5.39 Å². The number of aldehydes is 1. The molecule has 2 aromatic rings. The second-order valence-corrected chi connectivity index (χ2v) is 2.35. The van der Waals surface area contributed by atoms with Crippen LogP contribution < -0.4 is 0 Å². The maximum atomic E-state index is 12.7. The molecule has 0 spiro atoms. The molecule has 1 heterocycles. The minimum Gasteiger partial charge on any atom is -0.353 e. The van der Waals surface area contributed by atoms with Crippen molar-refractivity contribution in [2.24, 2.45) is 0 Å². The smallest absolute Gasteiger partial charge is 0.261 e. The lowest BCUT2D eigenvalue weighted by atomic mass is 10.2. The minimum absolute atomic E-state index is 0.236. The van der Waals surface area contributed by atoms with Gasteiger partial charge in [0.15, 0.2) is 5.58 Å². The maximum Gasteiger partial charge on any atom is 0.261 e. The summed E-state index contributed by atoms with van der Waals surface area (Å²) in [6.07, 6.45) is 0.645. The molecular weight excluding hydrogens is 161 g/mol. The normalized spacial score (nSPS) is 10.4. The van der Waals surface area contributed by atoms with Crippen molar-refractivity contribution in [1.29, 1.82) is 0 Å². The van der Waals surface area contributed by atoms with Crippen LogP contribution in [0.25, 0.3) is 11.0 Å². The molecule has 60 valence electrons. The Kier molecular flexibility index (Phi) is 1.40. The summed E-state index contributed by atoms with van der Waals surface area (Å²) in [6.45, 7) is 0. The molecule has 0 bridgehead atoms. The van der Waals surface area contributed by atoms with Gasteiger partial charge in [0.1, 0.15) is 6.29 Å². The quantitative estimate of drug-likeness (QED) is 0.605. The molecule has 12 heavy (non-hydrogen) atoms. The summed E-state index contributed by atoms with van der Waals surface area (Å²) in [7, 11) is 0. The third-order valence-electron chi connectivity index (χ3n) is 1.59. The van der Waals surface area contributed by atoms with Crippen molar-refractivity contribution < 1.29 is 13.7 Å². The van der Waals surface area contributed by atoms with Crippen LogP contribution in [0.15, 0.2) is 22.7 Å². The largest absolute Gasteiger partial charge is 0.353 e. The second kappa shape index (κ2) is 2.41. The molecule has 1 aromatic heterocycles. The van der Waals surface area contributed by atoms with Crippen LogP contribution in [0, 0.1) is 5.95 Å². The molecule has 0 unspecified atom stereocenters. The Bertz CT molecular complexity index is 436. The molecule has 3 nitrogen and oxygen atoms in total. The van der Waals surface area contributed by atoms with Gasteiger partial charge in [0.2, 0.25) is 0 Å². The fourth-order valence-electron chi connectivity index (χ4n) is 1.00. The molecule has 4 heteroatoms. The molecule has 0 amide bonds. The predicted molar refractivity (Wildman–Crippen MR) is 39.4 cm³/mol. The standard InChI is InChI=1S/C8H4FNO2/c9-8-6-3-5(4-11)1-2-7(6)12-10-8/h1-4H. The van der Waals surface area contributed by atoms with Gasteiger partial charge in [-0.1, -0.05) is 0 Å². The molecule has 0 atom stereocenters. The van der Waals surface area contributed by atoms with Gasteiger partial charge in [-0.2, -0.15) is 4.39 Å². The lowest BCUT2D eigenvalue weighted by Crippen LogP contribution is -1.78. The van der Waals surface area contributed by atoms with Gasteiger partial charge in [0, 0.05) is 5.56 Å². The summed E-state index contributed by atoms with van der Waals surface area (Å²) in [5.41, 5.74) is 0.753. The highest BCUT2D eigenvalue weighted by Crippen LogP contribution is 2.17. The molecular formula is C8H4FNO2. The molecule has 1 aromatic carbocycles. The number of halogens is 1. The van der Waals surface area contributed by atoms with Gasteiger partial charge in [-0.25, -0.2) is 0 Å². The van der Waals surface area contributed by atoms with Gasteiger partial charge in [-0.05, 0) is 23.4 Å². The van der Waals surface area contributed by atoms with Crippen molar-refractivity contribution in [3.8, 4) is 0 Å². The van der Waals surface area contributed by atoms with E-state index in [9.17, 15) is 9.18 Å². The zero-order valence-corrected chi connectivity index (χ0v) is 5.95. The number of carbonyl (C=O) groups excluding carboxylic acids is 1. The molecule has 0 aliphatic heterocycles. The van der Waals surface area contributed by atoms with Crippen LogP contribution in [0.2, 0.25) is 0 Å². The average molecular weight is 165 g/mol. The number of hydrogen-bond acceptors (Lipinski definition) is 3. The highest BCUT2D eigenvalue weighted by molar-refractivity contribution is 5.85. The van der Waals surface area contributed by atoms with Crippen LogP contribution >= 0.6 is 0 Å². The van der Waals surface area contributed by atoms with Crippen LogP contribution in [0.4, 0.5) is 4.39 Å². The lowest BCUT2D eigenvalue weighted by molar-refractivity contribution is 0.112. The Balaban J connectivity index is 2.79. The van der Waals surface area contributed by atoms with Crippen LogP contribution in [0.1, 0.15) is 10.4 Å². The van der Waals surface area contributed by atoms with Crippen LogP contribution in [-0.4, -0.2) is 11.4 Å². The average Bonchev–Trinajstić information content (AvgIpc) is 2.47. The Labute approximate surface area is 66.8 Å². The van der Waals surface area contributed by atoms with Crippen molar-refractivity contribution >= 4 is 17.3 Å². The highest BCUT2D eigenvalue weighted by Gasteiger charge is 2.06. The van der Waals surface area contributed by atoms with Crippen LogP contribution in [0.3, 0.4) is 0 Å². The molecule has 0 saturated carbocycles. The van der Waals surface area contributed by atoms with E-state index in [1.807, 2.05) is 0 Å². The monoisotopic (exact) mass is 165 g/mol. The number of nitrogens with zero attached hydrogens (tertiary/aromatic N) is 1. The van der Waals surface area contributed by atoms with E-state index < -0.39 is 5.95 Å². The Morgan fingerprint density at radius 1 is 1.50 bits per heavy atom. The first-order valence-corrected chi connectivity index (χ1v) is 3.31. The van der Waals surface area contributed by atoms with E-state index in [0.29, 0.717) is 17.4 Å². The Morgan fingerprint density at radius 3 is 3.08 bits per heavy atom. The van der Waals surface area contributed by atoms with Gasteiger partial charge in [-0.15, -0.1) is 0 Å². The molecule has 2 rings (SSSR count). The van der Waals surface area contributed by atoms with Gasteiger partial charge < -0.3 is 4.52 Å². The summed E-state index contributed by atoms with van der Waals surface area (Å²) in [4.78, 5) is 10.3. The lowest BCUT2D eigenvalue weighted by Gasteiger charge is -1.87. The first-order chi connectivity index (χ1) is 5.81. The van der Waals surface area contributed by atoms with Crippen molar-refractivity contribution in [2.45, 2.75) is 0 Å². The van der Waals surface area contributed by atoms with E-state index >= 15 is 0 Å². The van der Waals surface area contributed by atoms with Gasteiger partial charge in [0.25, 0.3) is 5.95 Å². The number of benzene rings is 1. The Hall–Kier alpha value is -1.71. The number of fused-ring (bicyclic) bond motifs is 1. The molecule has 0 radical (unpaired) electrons. The molecule has 0 aliphatic rings. The number of carbonyl (C=O) groups is 1. The Morgan fingerprint density at radius 2 is 2.33 bits per heavy atom. The first-order valence-electron chi connectivity index (χ1n) is 3.31. The van der Waals surface area contributed by atoms with E-state index in [0.717, 1.165) is 0 Å². The molecule has 0 saturated heterocycles. The SMILES string of the molecule is O=Cc1ccc2onc(F)c2c1. The topological polar surface area (TPSA) is 43.1 Å². The maximum absolute atomic E-state index is 12.7. The summed E-state index contributed by atoms with van der Waals surface area (Å²) in [6, 6.07) is 4.45. The third kappa shape index (κ3) is 0.887. The van der Waals surface area contributed by atoms with Gasteiger partial charge >= 0.3 is 0 Å². The summed E-state index contributed by atoms with van der Waals surface area (Å²) >= 11 is 0. The third-order valence-corrected chi connectivity index (χ3v) is 1.59. The minimum atomic E-state index is -0.686. The summed E-state index contributed by atoms with van der Waals surface area (Å²) in [5.74, 6) is -0.686. The number of hydrogen-bond donors (Lipinski definition) is 0. The summed E-state index contributed by atoms with van der Waals surface area (Å²) in [5, 5.41) is 3.35. The van der Waals surface area contributed by atoms with Crippen molar-refractivity contribution in [3.05, 3.63) is 29.7 Å². The fraction of sp³-hybridized carbons (Fsp3) is 0. The van der Waals surface area contributed by atoms with E-state index in [1.54, 1.807) is 6.07 Å². The van der Waals surface area contributed by atoms with Crippen LogP contribution in [-0.2, 0) is 0 Å². The van der Waals surface area contributed by atoms with Gasteiger partial charge in [-0.3, -0.25) is 4.79 Å². The van der Waals surface area contributed by atoms with Crippen LogP contribution in [0.5, 0.6) is 0 Å². The van der Waals surface area contributed by atoms with Crippen molar-refractivity contribution in [2.75, 3.05) is 0 Å². The predicted octanol–water partition coefficient (Wildman–Crippen LogP) is 1.78. The zero-order chi connectivity index (χ0) is 8.55. The first kappa shape index (κ1) is 6.97. The fourth-order valence-corrected chi connectivity index (χ4v) is 1.00. The number of aromatic nitrogens is 1. The highest BCUT2D eigenvalue weighted by atomic mass is 19.1. The van der Waals surface area contributed by atoms with E-state index in [1.165, 1.54) is 12.1 Å².